The first kappa shape index (κ1) is 22.0. The van der Waals surface area contributed by atoms with Crippen molar-refractivity contribution < 1.29 is 27.4 Å². The van der Waals surface area contributed by atoms with E-state index in [2.05, 4.69) is 10.1 Å². The summed E-state index contributed by atoms with van der Waals surface area (Å²) in [5.74, 6) is 0.216. The van der Waals surface area contributed by atoms with Crippen LogP contribution < -0.4 is 10.1 Å². The minimum atomic E-state index is -4.34. The lowest BCUT2D eigenvalue weighted by atomic mass is 10.1. The van der Waals surface area contributed by atoms with Gasteiger partial charge in [-0.2, -0.15) is 13.2 Å². The van der Waals surface area contributed by atoms with E-state index in [1.165, 1.54) is 0 Å². The fourth-order valence-corrected chi connectivity index (χ4v) is 2.40. The lowest BCUT2D eigenvalue weighted by Crippen LogP contribution is -2.46. The molecule has 2 rings (SSSR count). The van der Waals surface area contributed by atoms with Crippen molar-refractivity contribution in [2.45, 2.75) is 38.8 Å². The Hall–Kier alpha value is -2.25. The maximum Gasteiger partial charge on any atom is 0.411 e. The predicted molar refractivity (Wildman–Crippen MR) is 100 cm³/mol. The summed E-state index contributed by atoms with van der Waals surface area (Å²) in [5.41, 5.74) is 0.320. The molecule has 0 aliphatic rings. The molecule has 0 radical (unpaired) electrons. The monoisotopic (exact) mass is 415 g/mol. The number of ether oxygens (including phenoxy) is 2. The number of rotatable bonds is 8. The molecule has 28 heavy (non-hydrogen) atoms. The normalized spacial score (nSPS) is 11.9. The van der Waals surface area contributed by atoms with Crippen molar-refractivity contribution in [3.63, 3.8) is 0 Å². The number of alkyl halides is 3. The Morgan fingerprint density at radius 3 is 2.14 bits per heavy atom. The molecular weight excluding hydrogens is 395 g/mol. The summed E-state index contributed by atoms with van der Waals surface area (Å²) >= 11 is 5.83. The van der Waals surface area contributed by atoms with Crippen molar-refractivity contribution in [1.29, 1.82) is 0 Å². The number of halogens is 4. The highest BCUT2D eigenvalue weighted by molar-refractivity contribution is 6.30. The highest BCUT2D eigenvalue weighted by Crippen LogP contribution is 2.21. The molecule has 0 heterocycles. The standard InChI is InChI=1S/C20H21ClF3NO3/c1-19(2,28-17-9-7-16(21)8-10-17)18(26)25-11-14-3-5-15(6-4-14)12-27-13-20(22,23)24/h3-10H,11-13H2,1-2H3,(H,25,26). The SMILES string of the molecule is CC(C)(Oc1ccc(Cl)cc1)C(=O)NCc1ccc(COCC(F)(F)F)cc1. The van der Waals surface area contributed by atoms with E-state index in [9.17, 15) is 18.0 Å². The van der Waals surface area contributed by atoms with Crippen LogP contribution >= 0.6 is 11.6 Å². The summed E-state index contributed by atoms with van der Waals surface area (Å²) in [7, 11) is 0. The second-order valence-corrected chi connectivity index (χ2v) is 7.11. The molecule has 152 valence electrons. The van der Waals surface area contributed by atoms with Crippen molar-refractivity contribution in [2.75, 3.05) is 6.61 Å². The third-order valence-electron chi connectivity index (χ3n) is 3.74. The Labute approximate surface area is 166 Å². The molecule has 0 atom stereocenters. The van der Waals surface area contributed by atoms with Crippen LogP contribution in [-0.2, 0) is 22.7 Å². The molecule has 1 N–H and O–H groups in total. The molecule has 0 fully saturated rings. The number of hydrogen-bond donors (Lipinski definition) is 1. The van der Waals surface area contributed by atoms with Gasteiger partial charge in [-0.3, -0.25) is 4.79 Å². The van der Waals surface area contributed by atoms with Crippen LogP contribution in [0, 0.1) is 0 Å². The van der Waals surface area contributed by atoms with Gasteiger partial charge < -0.3 is 14.8 Å². The lowest BCUT2D eigenvalue weighted by Gasteiger charge is -2.25. The first-order chi connectivity index (χ1) is 13.0. The zero-order valence-corrected chi connectivity index (χ0v) is 16.2. The Bertz CT molecular complexity index is 775. The first-order valence-electron chi connectivity index (χ1n) is 8.50. The van der Waals surface area contributed by atoms with Gasteiger partial charge >= 0.3 is 6.18 Å². The largest absolute Gasteiger partial charge is 0.478 e. The van der Waals surface area contributed by atoms with Gasteiger partial charge in [0.1, 0.15) is 12.4 Å². The van der Waals surface area contributed by atoms with Gasteiger partial charge in [0.15, 0.2) is 5.60 Å². The smallest absolute Gasteiger partial charge is 0.411 e. The summed E-state index contributed by atoms with van der Waals surface area (Å²) in [6.07, 6.45) is -4.34. The van der Waals surface area contributed by atoms with E-state index in [1.54, 1.807) is 62.4 Å². The minimum absolute atomic E-state index is 0.131. The highest BCUT2D eigenvalue weighted by Gasteiger charge is 2.29. The third kappa shape index (κ3) is 7.40. The van der Waals surface area contributed by atoms with Crippen LogP contribution in [-0.4, -0.2) is 24.3 Å². The fourth-order valence-electron chi connectivity index (χ4n) is 2.28. The molecule has 8 heteroatoms. The molecule has 4 nitrogen and oxygen atoms in total. The van der Waals surface area contributed by atoms with E-state index in [4.69, 9.17) is 16.3 Å². The third-order valence-corrected chi connectivity index (χ3v) is 4.00. The molecule has 0 bridgehead atoms. The van der Waals surface area contributed by atoms with Crippen LogP contribution in [0.5, 0.6) is 5.75 Å². The Balaban J connectivity index is 1.83. The minimum Gasteiger partial charge on any atom is -0.478 e. The maximum absolute atomic E-state index is 12.4. The lowest BCUT2D eigenvalue weighted by molar-refractivity contribution is -0.176. The summed E-state index contributed by atoms with van der Waals surface area (Å²) in [6.45, 7) is 2.15. The van der Waals surface area contributed by atoms with Gasteiger partial charge in [0, 0.05) is 11.6 Å². The van der Waals surface area contributed by atoms with Crippen molar-refractivity contribution in [3.05, 3.63) is 64.7 Å². The second kappa shape index (κ2) is 9.30. The number of amides is 1. The van der Waals surface area contributed by atoms with E-state index in [1.807, 2.05) is 0 Å². The molecule has 0 unspecified atom stereocenters. The van der Waals surface area contributed by atoms with E-state index in [0.717, 1.165) is 5.56 Å². The maximum atomic E-state index is 12.4. The molecule has 0 spiro atoms. The van der Waals surface area contributed by atoms with Gasteiger partial charge in [-0.15, -0.1) is 0 Å². The van der Waals surface area contributed by atoms with Gasteiger partial charge in [-0.25, -0.2) is 0 Å². The van der Waals surface area contributed by atoms with Gasteiger partial charge in [0.05, 0.1) is 6.61 Å². The predicted octanol–water partition coefficient (Wildman–Crippen LogP) is 4.89. The van der Waals surface area contributed by atoms with Crippen LogP contribution in [0.2, 0.25) is 5.02 Å². The zero-order chi connectivity index (χ0) is 20.8. The summed E-state index contributed by atoms with van der Waals surface area (Å²) in [6, 6.07) is 13.5. The van der Waals surface area contributed by atoms with Gasteiger partial charge in [0.2, 0.25) is 0 Å². The molecule has 1 amide bonds. The quantitative estimate of drug-likeness (QED) is 0.667. The number of hydrogen-bond acceptors (Lipinski definition) is 3. The van der Waals surface area contributed by atoms with Crippen LogP contribution in [0.1, 0.15) is 25.0 Å². The summed E-state index contributed by atoms with van der Waals surface area (Å²) in [5, 5.41) is 3.35. The fraction of sp³-hybridized carbons (Fsp3) is 0.350. The highest BCUT2D eigenvalue weighted by atomic mass is 35.5. The first-order valence-corrected chi connectivity index (χ1v) is 8.88. The summed E-state index contributed by atoms with van der Waals surface area (Å²) in [4.78, 5) is 12.4. The average molecular weight is 416 g/mol. The number of carbonyl (C=O) groups excluding carboxylic acids is 1. The zero-order valence-electron chi connectivity index (χ0n) is 15.5. The van der Waals surface area contributed by atoms with Gasteiger partial charge in [-0.1, -0.05) is 35.9 Å². The molecule has 0 aromatic heterocycles. The Kier molecular flexibility index (Phi) is 7.32. The van der Waals surface area contributed by atoms with E-state index < -0.39 is 18.4 Å². The molecule has 0 aliphatic heterocycles. The second-order valence-electron chi connectivity index (χ2n) is 6.67. The molecule has 2 aromatic rings. The van der Waals surface area contributed by atoms with E-state index >= 15 is 0 Å². The Morgan fingerprint density at radius 1 is 1.00 bits per heavy atom. The van der Waals surface area contributed by atoms with Crippen LogP contribution in [0.15, 0.2) is 48.5 Å². The van der Waals surface area contributed by atoms with Crippen LogP contribution in [0.3, 0.4) is 0 Å². The topological polar surface area (TPSA) is 47.6 Å². The van der Waals surface area contributed by atoms with Crippen molar-refractivity contribution in [3.8, 4) is 5.75 Å². The number of benzene rings is 2. The van der Waals surface area contributed by atoms with Crippen molar-refractivity contribution in [1.82, 2.24) is 5.32 Å². The number of nitrogens with one attached hydrogen (secondary N) is 1. The van der Waals surface area contributed by atoms with E-state index in [0.29, 0.717) is 16.3 Å². The molecule has 2 aromatic carbocycles. The molecular formula is C20H21ClF3NO3. The van der Waals surface area contributed by atoms with Crippen molar-refractivity contribution >= 4 is 17.5 Å². The molecule has 0 aliphatic carbocycles. The molecule has 0 saturated carbocycles. The number of carbonyl (C=O) groups is 1. The van der Waals surface area contributed by atoms with Gasteiger partial charge in [-0.05, 0) is 49.2 Å². The van der Waals surface area contributed by atoms with Crippen LogP contribution in [0.25, 0.3) is 0 Å². The Morgan fingerprint density at radius 2 is 1.57 bits per heavy atom. The molecule has 0 saturated heterocycles. The summed E-state index contributed by atoms with van der Waals surface area (Å²) < 4.78 is 46.5. The van der Waals surface area contributed by atoms with Crippen molar-refractivity contribution in [2.24, 2.45) is 0 Å². The van der Waals surface area contributed by atoms with E-state index in [-0.39, 0.29) is 19.1 Å². The average Bonchev–Trinajstić information content (AvgIpc) is 2.61. The van der Waals surface area contributed by atoms with Crippen LogP contribution in [0.4, 0.5) is 13.2 Å². The van der Waals surface area contributed by atoms with Gasteiger partial charge in [0.25, 0.3) is 5.91 Å².